The van der Waals surface area contributed by atoms with Gasteiger partial charge in [-0.25, -0.2) is 8.42 Å². The van der Waals surface area contributed by atoms with Crippen molar-refractivity contribution in [2.75, 3.05) is 32.6 Å². The standard InChI is InChI=1S/C23H31N5O3S2/c1-5-27(6-2)33(29,30)21-12-9-10-19(16-21)22-25-26-23(28(22)18(3)17-31-4)32-15-13-20-11-7-8-14-24-20/h7-12,14,16,18H,5-6,13,15,17H2,1-4H3. The van der Waals surface area contributed by atoms with Gasteiger partial charge in [-0.05, 0) is 37.6 Å². The predicted molar refractivity (Wildman–Crippen MR) is 131 cm³/mol. The molecule has 3 rings (SSSR count). The maximum absolute atomic E-state index is 13.0. The average Bonchev–Trinajstić information content (AvgIpc) is 3.25. The van der Waals surface area contributed by atoms with Crippen LogP contribution in [0, 0.1) is 0 Å². The zero-order chi connectivity index (χ0) is 23.8. The number of aryl methyl sites for hydroxylation is 1. The highest BCUT2D eigenvalue weighted by Crippen LogP contribution is 2.30. The van der Waals surface area contributed by atoms with Crippen LogP contribution >= 0.6 is 11.8 Å². The van der Waals surface area contributed by atoms with Crippen molar-refractivity contribution in [3.05, 3.63) is 54.4 Å². The lowest BCUT2D eigenvalue weighted by Crippen LogP contribution is -2.30. The molecule has 2 aromatic heterocycles. The third-order valence-corrected chi connectivity index (χ3v) is 8.25. The molecule has 33 heavy (non-hydrogen) atoms. The third kappa shape index (κ3) is 6.00. The second kappa shape index (κ2) is 11.7. The number of hydrogen-bond donors (Lipinski definition) is 0. The number of aromatic nitrogens is 4. The summed E-state index contributed by atoms with van der Waals surface area (Å²) in [6.07, 6.45) is 2.60. The minimum Gasteiger partial charge on any atom is -0.383 e. The van der Waals surface area contributed by atoms with Crippen molar-refractivity contribution < 1.29 is 13.2 Å². The Hall–Kier alpha value is -2.27. The number of ether oxygens (including phenoxy) is 1. The summed E-state index contributed by atoms with van der Waals surface area (Å²) >= 11 is 1.60. The Morgan fingerprint density at radius 3 is 2.58 bits per heavy atom. The molecule has 0 aliphatic carbocycles. The Morgan fingerprint density at radius 2 is 1.91 bits per heavy atom. The number of thioether (sulfide) groups is 1. The first-order valence-electron chi connectivity index (χ1n) is 11.0. The van der Waals surface area contributed by atoms with Gasteiger partial charge >= 0.3 is 0 Å². The van der Waals surface area contributed by atoms with E-state index in [2.05, 4.69) is 15.2 Å². The van der Waals surface area contributed by atoms with E-state index in [0.717, 1.165) is 23.0 Å². The second-order valence-electron chi connectivity index (χ2n) is 7.52. The van der Waals surface area contributed by atoms with E-state index in [0.29, 0.717) is 31.1 Å². The molecule has 0 N–H and O–H groups in total. The summed E-state index contributed by atoms with van der Waals surface area (Å²) in [5, 5.41) is 9.63. The van der Waals surface area contributed by atoms with Gasteiger partial charge < -0.3 is 4.74 Å². The second-order valence-corrected chi connectivity index (χ2v) is 10.5. The number of pyridine rings is 1. The number of methoxy groups -OCH3 is 1. The Labute approximate surface area is 200 Å². The lowest BCUT2D eigenvalue weighted by atomic mass is 10.2. The van der Waals surface area contributed by atoms with Gasteiger partial charge in [0, 0.05) is 43.4 Å². The van der Waals surface area contributed by atoms with Crippen LogP contribution < -0.4 is 0 Å². The van der Waals surface area contributed by atoms with E-state index in [-0.39, 0.29) is 10.9 Å². The fraction of sp³-hybridized carbons (Fsp3) is 0.435. The molecule has 1 unspecified atom stereocenters. The molecule has 0 saturated carbocycles. The smallest absolute Gasteiger partial charge is 0.243 e. The van der Waals surface area contributed by atoms with E-state index in [1.165, 1.54) is 4.31 Å². The molecule has 0 aliphatic heterocycles. The van der Waals surface area contributed by atoms with E-state index in [1.807, 2.05) is 49.6 Å². The van der Waals surface area contributed by atoms with Crippen molar-refractivity contribution >= 4 is 21.8 Å². The van der Waals surface area contributed by atoms with Crippen molar-refractivity contribution in [1.82, 2.24) is 24.1 Å². The summed E-state index contributed by atoms with van der Waals surface area (Å²) in [4.78, 5) is 4.63. The van der Waals surface area contributed by atoms with Gasteiger partial charge in [0.15, 0.2) is 11.0 Å². The number of sulfonamides is 1. The van der Waals surface area contributed by atoms with Gasteiger partial charge in [0.25, 0.3) is 0 Å². The number of hydrogen-bond acceptors (Lipinski definition) is 7. The Morgan fingerprint density at radius 1 is 1.12 bits per heavy atom. The molecule has 0 saturated heterocycles. The molecule has 1 atom stereocenters. The average molecular weight is 490 g/mol. The van der Waals surface area contributed by atoms with E-state index in [4.69, 9.17) is 4.74 Å². The molecule has 0 fully saturated rings. The molecule has 1 aromatic carbocycles. The first-order chi connectivity index (χ1) is 15.9. The molecule has 0 radical (unpaired) electrons. The Kier molecular flexibility index (Phi) is 9.02. The Bertz CT molecular complexity index is 1130. The van der Waals surface area contributed by atoms with Gasteiger partial charge in [-0.3, -0.25) is 9.55 Å². The number of rotatable bonds is 12. The molecule has 178 valence electrons. The maximum Gasteiger partial charge on any atom is 0.243 e. The van der Waals surface area contributed by atoms with Gasteiger partial charge in [0.05, 0.1) is 17.5 Å². The van der Waals surface area contributed by atoms with Crippen LogP contribution in [0.4, 0.5) is 0 Å². The van der Waals surface area contributed by atoms with Gasteiger partial charge in [0.1, 0.15) is 0 Å². The summed E-state index contributed by atoms with van der Waals surface area (Å²) in [5.41, 5.74) is 1.73. The monoisotopic (exact) mass is 489 g/mol. The SMILES string of the molecule is CCN(CC)S(=O)(=O)c1cccc(-c2nnc(SCCc3ccccn3)n2C(C)COC)c1. The largest absolute Gasteiger partial charge is 0.383 e. The Balaban J connectivity index is 1.92. The van der Waals surface area contributed by atoms with Crippen LogP contribution in [0.3, 0.4) is 0 Å². The van der Waals surface area contributed by atoms with Gasteiger partial charge in [-0.2, -0.15) is 4.31 Å². The zero-order valence-electron chi connectivity index (χ0n) is 19.5. The van der Waals surface area contributed by atoms with Gasteiger partial charge in [0.2, 0.25) is 10.0 Å². The van der Waals surface area contributed by atoms with Crippen LogP contribution in [0.2, 0.25) is 0 Å². The van der Waals surface area contributed by atoms with Crippen molar-refractivity contribution in [3.8, 4) is 11.4 Å². The fourth-order valence-electron chi connectivity index (χ4n) is 3.59. The summed E-state index contributed by atoms with van der Waals surface area (Å²) < 4.78 is 34.9. The lowest BCUT2D eigenvalue weighted by molar-refractivity contribution is 0.159. The van der Waals surface area contributed by atoms with E-state index in [9.17, 15) is 8.42 Å². The topological polar surface area (TPSA) is 90.2 Å². The van der Waals surface area contributed by atoms with Gasteiger partial charge in [-0.1, -0.05) is 43.8 Å². The molecule has 0 aliphatic rings. The molecule has 0 amide bonds. The van der Waals surface area contributed by atoms with Crippen LogP contribution in [-0.4, -0.2) is 65.0 Å². The first-order valence-corrected chi connectivity index (χ1v) is 13.4. The minimum absolute atomic E-state index is 0.0274. The molecule has 2 heterocycles. The molecule has 0 spiro atoms. The number of benzene rings is 1. The van der Waals surface area contributed by atoms with Crippen molar-refractivity contribution in [3.63, 3.8) is 0 Å². The normalized spacial score (nSPS) is 12.9. The predicted octanol–water partition coefficient (Wildman–Crippen LogP) is 3.91. The van der Waals surface area contributed by atoms with Crippen LogP contribution in [0.15, 0.2) is 58.7 Å². The summed E-state index contributed by atoms with van der Waals surface area (Å²) in [5.74, 6) is 1.42. The van der Waals surface area contributed by atoms with Crippen LogP contribution in [0.25, 0.3) is 11.4 Å². The van der Waals surface area contributed by atoms with Crippen molar-refractivity contribution in [1.29, 1.82) is 0 Å². The first kappa shape index (κ1) is 25.4. The summed E-state index contributed by atoms with van der Waals surface area (Å²) in [6.45, 7) is 7.03. The molecule has 3 aromatic rings. The van der Waals surface area contributed by atoms with Gasteiger partial charge in [-0.15, -0.1) is 10.2 Å². The zero-order valence-corrected chi connectivity index (χ0v) is 21.1. The van der Waals surface area contributed by atoms with E-state index in [1.54, 1.807) is 43.3 Å². The van der Waals surface area contributed by atoms with E-state index >= 15 is 0 Å². The summed E-state index contributed by atoms with van der Waals surface area (Å²) in [7, 11) is -1.92. The third-order valence-electron chi connectivity index (χ3n) is 5.26. The van der Waals surface area contributed by atoms with E-state index < -0.39 is 10.0 Å². The summed E-state index contributed by atoms with van der Waals surface area (Å²) in [6, 6.07) is 12.8. The molecule has 8 nitrogen and oxygen atoms in total. The van der Waals surface area contributed by atoms with Crippen LogP contribution in [0.1, 0.15) is 32.5 Å². The molecule has 10 heteroatoms. The maximum atomic E-state index is 13.0. The fourth-order valence-corrected chi connectivity index (χ4v) is 6.09. The lowest BCUT2D eigenvalue weighted by Gasteiger charge is -2.20. The van der Waals surface area contributed by atoms with Crippen molar-refractivity contribution in [2.24, 2.45) is 0 Å². The molecule has 0 bridgehead atoms. The number of nitrogens with zero attached hydrogens (tertiary/aromatic N) is 5. The van der Waals surface area contributed by atoms with Crippen LogP contribution in [-0.2, 0) is 21.2 Å². The quantitative estimate of drug-likeness (QED) is 0.356. The van der Waals surface area contributed by atoms with Crippen LogP contribution in [0.5, 0.6) is 0 Å². The molecular formula is C23H31N5O3S2. The molecular weight excluding hydrogens is 458 g/mol. The highest BCUT2D eigenvalue weighted by atomic mass is 32.2. The highest BCUT2D eigenvalue weighted by Gasteiger charge is 2.24. The highest BCUT2D eigenvalue weighted by molar-refractivity contribution is 7.99. The minimum atomic E-state index is -3.57. The van der Waals surface area contributed by atoms with Crippen molar-refractivity contribution in [2.45, 2.75) is 43.3 Å².